The van der Waals surface area contributed by atoms with Crippen LogP contribution < -0.4 is 5.32 Å². The van der Waals surface area contributed by atoms with E-state index in [2.05, 4.69) is 30.6 Å². The topological polar surface area (TPSA) is 15.3 Å². The second-order valence-electron chi connectivity index (χ2n) is 5.08. The van der Waals surface area contributed by atoms with Gasteiger partial charge in [-0.15, -0.1) is 0 Å². The number of benzene rings is 1. The second-order valence-corrected chi connectivity index (χ2v) is 5.08. The highest BCUT2D eigenvalue weighted by molar-refractivity contribution is 5.16. The van der Waals surface area contributed by atoms with Gasteiger partial charge in [0, 0.05) is 25.7 Å². The third-order valence-electron chi connectivity index (χ3n) is 2.62. The summed E-state index contributed by atoms with van der Waals surface area (Å²) in [5.41, 5.74) is 2.27. The van der Waals surface area contributed by atoms with E-state index in [1.807, 2.05) is 19.2 Å². The normalized spacial score (nSPS) is 11.2. The van der Waals surface area contributed by atoms with Gasteiger partial charge in [0.05, 0.1) is 0 Å². The van der Waals surface area contributed by atoms with Crippen LogP contribution in [0.2, 0.25) is 0 Å². The maximum Gasteiger partial charge on any atom is 0.123 e. The van der Waals surface area contributed by atoms with Crippen molar-refractivity contribution in [1.82, 2.24) is 10.2 Å². The van der Waals surface area contributed by atoms with Crippen LogP contribution in [0.1, 0.15) is 19.4 Å². The highest BCUT2D eigenvalue weighted by atomic mass is 19.1. The molecule has 1 aromatic rings. The van der Waals surface area contributed by atoms with Crippen LogP contribution in [0.15, 0.2) is 36.4 Å². The number of halogens is 1. The standard InChI is InChI=1S/C15H23FN2/c1-12(2)17-9-13(3)10-18(4)11-14-5-7-15(16)8-6-14/h5-8,12,17H,3,9-11H2,1-2,4H3. The third-order valence-corrected chi connectivity index (χ3v) is 2.62. The minimum Gasteiger partial charge on any atom is -0.311 e. The van der Waals surface area contributed by atoms with Gasteiger partial charge in [0.25, 0.3) is 0 Å². The van der Waals surface area contributed by atoms with Crippen LogP contribution in [0.4, 0.5) is 4.39 Å². The monoisotopic (exact) mass is 250 g/mol. The zero-order valence-corrected chi connectivity index (χ0v) is 11.5. The summed E-state index contributed by atoms with van der Waals surface area (Å²) in [6, 6.07) is 7.11. The molecular formula is C15H23FN2. The van der Waals surface area contributed by atoms with E-state index in [4.69, 9.17) is 0 Å². The quantitative estimate of drug-likeness (QED) is 0.749. The summed E-state index contributed by atoms with van der Waals surface area (Å²) >= 11 is 0. The molecule has 0 saturated heterocycles. The van der Waals surface area contributed by atoms with Gasteiger partial charge >= 0.3 is 0 Å². The molecule has 3 heteroatoms. The summed E-state index contributed by atoms with van der Waals surface area (Å²) in [4.78, 5) is 2.18. The Bertz CT molecular complexity index is 371. The Kier molecular flexibility index (Phi) is 6.02. The summed E-state index contributed by atoms with van der Waals surface area (Å²) in [7, 11) is 2.05. The first kappa shape index (κ1) is 14.9. The first-order valence-corrected chi connectivity index (χ1v) is 6.30. The van der Waals surface area contributed by atoms with Gasteiger partial charge in [-0.1, -0.05) is 32.6 Å². The number of rotatable bonds is 7. The number of hydrogen-bond donors (Lipinski definition) is 1. The largest absolute Gasteiger partial charge is 0.311 e. The van der Waals surface area contributed by atoms with E-state index in [0.717, 1.165) is 30.8 Å². The van der Waals surface area contributed by atoms with Crippen LogP contribution in [-0.2, 0) is 6.54 Å². The number of hydrogen-bond acceptors (Lipinski definition) is 2. The molecule has 0 saturated carbocycles. The van der Waals surface area contributed by atoms with E-state index < -0.39 is 0 Å². The summed E-state index contributed by atoms with van der Waals surface area (Å²) in [5.74, 6) is -0.188. The van der Waals surface area contributed by atoms with Crippen LogP contribution in [-0.4, -0.2) is 31.1 Å². The molecule has 0 spiro atoms. The van der Waals surface area contributed by atoms with Crippen LogP contribution in [0.5, 0.6) is 0 Å². The zero-order chi connectivity index (χ0) is 13.5. The Hall–Kier alpha value is -1.19. The molecule has 1 N–H and O–H groups in total. The third kappa shape index (κ3) is 5.94. The second kappa shape index (κ2) is 7.29. The van der Waals surface area contributed by atoms with E-state index in [1.54, 1.807) is 0 Å². The van der Waals surface area contributed by atoms with Crippen molar-refractivity contribution in [3.8, 4) is 0 Å². The highest BCUT2D eigenvalue weighted by Gasteiger charge is 2.03. The number of nitrogens with zero attached hydrogens (tertiary/aromatic N) is 1. The molecule has 0 radical (unpaired) electrons. The molecule has 0 fully saturated rings. The van der Waals surface area contributed by atoms with Gasteiger partial charge in [-0.3, -0.25) is 4.90 Å². The van der Waals surface area contributed by atoms with Crippen molar-refractivity contribution in [2.24, 2.45) is 0 Å². The lowest BCUT2D eigenvalue weighted by atomic mass is 10.2. The van der Waals surface area contributed by atoms with Crippen molar-refractivity contribution >= 4 is 0 Å². The molecule has 0 heterocycles. The molecule has 0 amide bonds. The van der Waals surface area contributed by atoms with Gasteiger partial charge in [0.15, 0.2) is 0 Å². The van der Waals surface area contributed by atoms with Gasteiger partial charge in [-0.2, -0.15) is 0 Å². The average Bonchev–Trinajstić information content (AvgIpc) is 2.29. The predicted molar refractivity (Wildman–Crippen MR) is 75.0 cm³/mol. The van der Waals surface area contributed by atoms with Crippen LogP contribution >= 0.6 is 0 Å². The molecule has 1 rings (SSSR count). The zero-order valence-electron chi connectivity index (χ0n) is 11.5. The molecule has 2 nitrogen and oxygen atoms in total. The summed E-state index contributed by atoms with van der Waals surface area (Å²) in [6.07, 6.45) is 0. The molecule has 0 unspecified atom stereocenters. The van der Waals surface area contributed by atoms with Gasteiger partial charge in [0.1, 0.15) is 5.82 Å². The lowest BCUT2D eigenvalue weighted by molar-refractivity contribution is 0.351. The highest BCUT2D eigenvalue weighted by Crippen LogP contribution is 2.06. The van der Waals surface area contributed by atoms with Gasteiger partial charge in [-0.25, -0.2) is 4.39 Å². The average molecular weight is 250 g/mol. The summed E-state index contributed by atoms with van der Waals surface area (Å²) in [5, 5.41) is 3.35. The predicted octanol–water partition coefficient (Wildman–Crippen LogP) is 2.81. The molecule has 0 bridgehead atoms. The van der Waals surface area contributed by atoms with E-state index in [9.17, 15) is 4.39 Å². The summed E-state index contributed by atoms with van der Waals surface area (Å²) < 4.78 is 12.8. The molecule has 1 aromatic carbocycles. The van der Waals surface area contributed by atoms with Crippen LogP contribution in [0, 0.1) is 5.82 Å². The van der Waals surface area contributed by atoms with Gasteiger partial charge in [0.2, 0.25) is 0 Å². The first-order chi connectivity index (χ1) is 8.47. The number of nitrogens with one attached hydrogen (secondary N) is 1. The smallest absolute Gasteiger partial charge is 0.123 e. The first-order valence-electron chi connectivity index (χ1n) is 6.30. The molecular weight excluding hydrogens is 227 g/mol. The van der Waals surface area contributed by atoms with Gasteiger partial charge in [-0.05, 0) is 30.3 Å². The Morgan fingerprint density at radius 1 is 1.33 bits per heavy atom. The fourth-order valence-corrected chi connectivity index (χ4v) is 1.74. The number of likely N-dealkylation sites (N-methyl/N-ethyl adjacent to an activating group) is 1. The fourth-order valence-electron chi connectivity index (χ4n) is 1.74. The Balaban J connectivity index is 2.34. The van der Waals surface area contributed by atoms with Crippen molar-refractivity contribution in [3.63, 3.8) is 0 Å². The molecule has 0 aromatic heterocycles. The minimum atomic E-state index is -0.188. The molecule has 18 heavy (non-hydrogen) atoms. The maximum absolute atomic E-state index is 12.8. The van der Waals surface area contributed by atoms with Crippen LogP contribution in [0.3, 0.4) is 0 Å². The maximum atomic E-state index is 12.8. The lowest BCUT2D eigenvalue weighted by Crippen LogP contribution is -2.29. The van der Waals surface area contributed by atoms with Gasteiger partial charge < -0.3 is 5.32 Å². The van der Waals surface area contributed by atoms with Crippen molar-refractivity contribution in [1.29, 1.82) is 0 Å². The Labute approximate surface area is 110 Å². The molecule has 0 aliphatic rings. The van der Waals surface area contributed by atoms with E-state index in [-0.39, 0.29) is 5.82 Å². The Morgan fingerprint density at radius 2 is 1.94 bits per heavy atom. The molecule has 100 valence electrons. The summed E-state index contributed by atoms with van der Waals surface area (Å²) in [6.45, 7) is 10.8. The van der Waals surface area contributed by atoms with Crippen molar-refractivity contribution in [3.05, 3.63) is 47.8 Å². The lowest BCUT2D eigenvalue weighted by Gasteiger charge is -2.19. The van der Waals surface area contributed by atoms with E-state index in [1.165, 1.54) is 12.1 Å². The fraction of sp³-hybridized carbons (Fsp3) is 0.467. The van der Waals surface area contributed by atoms with Crippen LogP contribution in [0.25, 0.3) is 0 Å². The van der Waals surface area contributed by atoms with Crippen molar-refractivity contribution in [2.75, 3.05) is 20.1 Å². The molecule has 0 atom stereocenters. The molecule has 0 aliphatic carbocycles. The van der Waals surface area contributed by atoms with E-state index in [0.29, 0.717) is 6.04 Å². The van der Waals surface area contributed by atoms with Crippen molar-refractivity contribution in [2.45, 2.75) is 26.4 Å². The SMILES string of the molecule is C=C(CNC(C)C)CN(C)Cc1ccc(F)cc1. The minimum absolute atomic E-state index is 0.188. The van der Waals surface area contributed by atoms with E-state index >= 15 is 0 Å². The Morgan fingerprint density at radius 3 is 2.50 bits per heavy atom. The molecule has 0 aliphatic heterocycles. The van der Waals surface area contributed by atoms with Crippen molar-refractivity contribution < 1.29 is 4.39 Å².